The number of ether oxygens (including phenoxy) is 1. The molecule has 3 N–H and O–H groups in total. The highest BCUT2D eigenvalue weighted by Crippen LogP contribution is 2.53. The van der Waals surface area contributed by atoms with Gasteiger partial charge in [0, 0.05) is 18.5 Å². The predicted molar refractivity (Wildman–Crippen MR) is 133 cm³/mol. The lowest BCUT2D eigenvalue weighted by Crippen LogP contribution is -2.39. The Hall–Kier alpha value is -3.88. The van der Waals surface area contributed by atoms with Gasteiger partial charge in [-0.1, -0.05) is 48.5 Å². The second kappa shape index (κ2) is 12.4. The number of benzene rings is 3. The summed E-state index contributed by atoms with van der Waals surface area (Å²) in [7, 11) is -4.02. The number of para-hydroxylation sites is 2. The van der Waals surface area contributed by atoms with E-state index in [1.807, 2.05) is 12.1 Å². The van der Waals surface area contributed by atoms with E-state index in [4.69, 9.17) is 25.9 Å². The Labute approximate surface area is 199 Å². The summed E-state index contributed by atoms with van der Waals surface area (Å²) in [5, 5.41) is 2.68. The van der Waals surface area contributed by atoms with Gasteiger partial charge >= 0.3 is 13.7 Å². The lowest BCUT2D eigenvalue weighted by atomic mass is 10.1. The molecule has 7 nitrogen and oxygen atoms in total. The normalized spacial score (nSPS) is 11.6. The summed E-state index contributed by atoms with van der Waals surface area (Å²) in [5.74, 6) is 2.12. The minimum Gasteiger partial charge on any atom is -0.450 e. The van der Waals surface area contributed by atoms with Crippen molar-refractivity contribution in [2.45, 2.75) is 25.0 Å². The number of nitrogens with two attached hydrogens (primary N) is 1. The summed E-state index contributed by atoms with van der Waals surface area (Å²) < 4.78 is 31.3. The zero-order chi connectivity index (χ0) is 24.2. The molecule has 176 valence electrons. The molecule has 34 heavy (non-hydrogen) atoms. The minimum atomic E-state index is -4.02. The van der Waals surface area contributed by atoms with Crippen molar-refractivity contribution in [2.75, 3.05) is 12.3 Å². The maximum atomic E-state index is 14.3. The van der Waals surface area contributed by atoms with Crippen molar-refractivity contribution in [2.24, 2.45) is 0 Å². The highest BCUT2D eigenvalue weighted by molar-refractivity contribution is 7.55. The van der Waals surface area contributed by atoms with Crippen molar-refractivity contribution in [3.8, 4) is 23.8 Å². The van der Waals surface area contributed by atoms with Gasteiger partial charge in [-0.15, -0.1) is 12.3 Å². The van der Waals surface area contributed by atoms with E-state index in [1.165, 1.54) is 0 Å². The largest absolute Gasteiger partial charge is 0.453 e. The van der Waals surface area contributed by atoms with Crippen molar-refractivity contribution in [1.82, 2.24) is 5.32 Å². The lowest BCUT2D eigenvalue weighted by molar-refractivity contribution is 0.143. The molecule has 0 heterocycles. The molecule has 0 aliphatic carbocycles. The zero-order valence-electron chi connectivity index (χ0n) is 18.6. The fraction of sp³-hybridized carbons (Fsp3) is 0.192. The molecule has 0 bridgehead atoms. The molecule has 8 heteroatoms. The summed E-state index contributed by atoms with van der Waals surface area (Å²) in [5.41, 5.74) is 7.17. The summed E-state index contributed by atoms with van der Waals surface area (Å²) in [6.07, 6.45) is 5.65. The van der Waals surface area contributed by atoms with Crippen LogP contribution in [-0.2, 0) is 15.7 Å². The maximum absolute atomic E-state index is 14.3. The van der Waals surface area contributed by atoms with Gasteiger partial charge in [-0.05, 0) is 48.4 Å². The van der Waals surface area contributed by atoms with Crippen LogP contribution in [0.25, 0.3) is 0 Å². The fourth-order valence-electron chi connectivity index (χ4n) is 3.04. The SMILES string of the molecule is C#CCCCOC(=O)NC(Cc1ccc(N)cc1)P(=O)(Oc1ccccc1)Oc1ccccc1. The van der Waals surface area contributed by atoms with E-state index in [9.17, 15) is 9.36 Å². The van der Waals surface area contributed by atoms with Crippen molar-refractivity contribution in [3.63, 3.8) is 0 Å². The molecule has 1 amide bonds. The van der Waals surface area contributed by atoms with Crippen LogP contribution in [0.3, 0.4) is 0 Å². The Morgan fingerprint density at radius 3 is 2.03 bits per heavy atom. The molecule has 0 saturated heterocycles. The van der Waals surface area contributed by atoms with E-state index >= 15 is 0 Å². The quantitative estimate of drug-likeness (QED) is 0.160. The third-order valence-corrected chi connectivity index (χ3v) is 6.73. The Bertz CT molecular complexity index is 1090. The van der Waals surface area contributed by atoms with Crippen molar-refractivity contribution >= 4 is 19.4 Å². The Balaban J connectivity index is 1.91. The number of anilines is 1. The molecule has 0 radical (unpaired) electrons. The van der Waals surface area contributed by atoms with E-state index in [0.717, 1.165) is 5.56 Å². The molecule has 1 unspecified atom stereocenters. The van der Waals surface area contributed by atoms with Gasteiger partial charge in [0.2, 0.25) is 0 Å². The first kappa shape index (κ1) is 24.8. The molecule has 3 rings (SSSR count). The molecular weight excluding hydrogens is 451 g/mol. The van der Waals surface area contributed by atoms with Crippen LogP contribution >= 0.6 is 7.60 Å². The number of nitrogens with one attached hydrogen (secondary N) is 1. The number of hydrogen-bond donors (Lipinski definition) is 2. The van der Waals surface area contributed by atoms with E-state index in [1.54, 1.807) is 72.8 Å². The van der Waals surface area contributed by atoms with Crippen LogP contribution in [0.15, 0.2) is 84.9 Å². The summed E-state index contributed by atoms with van der Waals surface area (Å²) >= 11 is 0. The third-order valence-electron chi connectivity index (χ3n) is 4.73. The van der Waals surface area contributed by atoms with Crippen LogP contribution in [0.1, 0.15) is 18.4 Å². The van der Waals surface area contributed by atoms with Gasteiger partial charge in [0.1, 0.15) is 11.5 Å². The van der Waals surface area contributed by atoms with Crippen LogP contribution in [0.5, 0.6) is 11.5 Å². The number of alkyl carbamates (subject to hydrolysis) is 1. The Kier molecular flexibility index (Phi) is 9.02. The number of terminal acetylenes is 1. The first-order valence-electron chi connectivity index (χ1n) is 10.8. The standard InChI is InChI=1S/C26H27N2O5P/c1-2-3-10-19-31-26(29)28-25(20-21-15-17-22(27)18-16-21)34(30,32-23-11-6-4-7-12-23)33-24-13-8-5-9-14-24/h1,4-9,11-18,25H,3,10,19-20,27H2,(H,28,29). The summed E-state index contributed by atoms with van der Waals surface area (Å²) in [6.45, 7) is 0.133. The highest BCUT2D eigenvalue weighted by atomic mass is 31.2. The second-order valence-corrected chi connectivity index (χ2v) is 9.47. The van der Waals surface area contributed by atoms with Gasteiger partial charge in [0.25, 0.3) is 0 Å². The third kappa shape index (κ3) is 7.61. The predicted octanol–water partition coefficient (Wildman–Crippen LogP) is 5.63. The van der Waals surface area contributed by atoms with E-state index in [-0.39, 0.29) is 13.0 Å². The van der Waals surface area contributed by atoms with Gasteiger partial charge in [-0.25, -0.2) is 9.36 Å². The monoisotopic (exact) mass is 478 g/mol. The summed E-state index contributed by atoms with van der Waals surface area (Å²) in [4.78, 5) is 12.6. The van der Waals surface area contributed by atoms with E-state index in [2.05, 4.69) is 11.2 Å². The molecule has 0 fully saturated rings. The molecule has 0 aliphatic rings. The molecule has 3 aromatic carbocycles. The molecule has 0 spiro atoms. The smallest absolute Gasteiger partial charge is 0.450 e. The van der Waals surface area contributed by atoms with Crippen LogP contribution < -0.4 is 20.1 Å². The molecule has 0 aliphatic heterocycles. The van der Waals surface area contributed by atoms with Gasteiger partial charge in [-0.2, -0.15) is 0 Å². The van der Waals surface area contributed by atoms with Crippen LogP contribution in [0.2, 0.25) is 0 Å². The second-order valence-electron chi connectivity index (χ2n) is 7.40. The van der Waals surface area contributed by atoms with Crippen molar-refractivity contribution in [3.05, 3.63) is 90.5 Å². The average Bonchev–Trinajstić information content (AvgIpc) is 2.84. The van der Waals surface area contributed by atoms with Crippen molar-refractivity contribution < 1.29 is 23.1 Å². The van der Waals surface area contributed by atoms with Crippen LogP contribution in [-0.4, -0.2) is 18.5 Å². The average molecular weight is 478 g/mol. The number of carbonyl (C=O) groups excluding carboxylic acids is 1. The topological polar surface area (TPSA) is 99.9 Å². The van der Waals surface area contributed by atoms with E-state index in [0.29, 0.717) is 30.0 Å². The van der Waals surface area contributed by atoms with Gasteiger partial charge < -0.3 is 24.8 Å². The number of hydrogen-bond acceptors (Lipinski definition) is 6. The molecule has 3 aromatic rings. The molecular formula is C26H27N2O5P. The van der Waals surface area contributed by atoms with Crippen LogP contribution in [0, 0.1) is 12.3 Å². The van der Waals surface area contributed by atoms with Gasteiger partial charge in [-0.3, -0.25) is 0 Å². The molecule has 0 aromatic heterocycles. The number of rotatable bonds is 11. The maximum Gasteiger partial charge on any atom is 0.453 e. The van der Waals surface area contributed by atoms with Crippen LogP contribution in [0.4, 0.5) is 10.5 Å². The summed E-state index contributed by atoms with van der Waals surface area (Å²) in [6, 6.07) is 24.3. The lowest BCUT2D eigenvalue weighted by Gasteiger charge is -2.28. The Morgan fingerprint density at radius 2 is 1.50 bits per heavy atom. The fourth-order valence-corrected chi connectivity index (χ4v) is 4.86. The molecule has 0 saturated carbocycles. The number of unbranched alkanes of at least 4 members (excludes halogenated alkanes) is 1. The van der Waals surface area contributed by atoms with Gasteiger partial charge in [0.05, 0.1) is 6.61 Å². The number of nitrogen functional groups attached to an aromatic ring is 1. The Morgan fingerprint density at radius 1 is 0.941 bits per heavy atom. The number of carbonyl (C=O) groups is 1. The zero-order valence-corrected chi connectivity index (χ0v) is 19.5. The van der Waals surface area contributed by atoms with E-state index < -0.39 is 19.5 Å². The molecule has 1 atom stereocenters. The van der Waals surface area contributed by atoms with Gasteiger partial charge in [0.15, 0.2) is 5.78 Å². The number of amides is 1. The van der Waals surface area contributed by atoms with Crippen molar-refractivity contribution in [1.29, 1.82) is 0 Å². The highest BCUT2D eigenvalue weighted by Gasteiger charge is 2.41. The first-order valence-corrected chi connectivity index (χ1v) is 12.4. The first-order chi connectivity index (χ1) is 16.5. The minimum absolute atomic E-state index is 0.133.